The summed E-state index contributed by atoms with van der Waals surface area (Å²) in [6.07, 6.45) is 1.18. The van der Waals surface area contributed by atoms with Crippen molar-refractivity contribution in [3.05, 3.63) is 35.4 Å². The van der Waals surface area contributed by atoms with Crippen LogP contribution in [0.15, 0.2) is 24.3 Å². The molecule has 4 heteroatoms. The van der Waals surface area contributed by atoms with Crippen LogP contribution in [0.3, 0.4) is 0 Å². The predicted octanol–water partition coefficient (Wildman–Crippen LogP) is 1.13. The van der Waals surface area contributed by atoms with Crippen LogP contribution < -0.4 is 5.32 Å². The van der Waals surface area contributed by atoms with Gasteiger partial charge in [-0.1, -0.05) is 12.1 Å². The van der Waals surface area contributed by atoms with Crippen LogP contribution in [0.25, 0.3) is 0 Å². The normalized spacial score (nSPS) is 25.8. The smallest absolute Gasteiger partial charge is 0.251 e. The van der Waals surface area contributed by atoms with E-state index in [0.29, 0.717) is 11.7 Å². The zero-order chi connectivity index (χ0) is 13.2. The number of benzene rings is 1. The van der Waals surface area contributed by atoms with Gasteiger partial charge in [0.2, 0.25) is 0 Å². The van der Waals surface area contributed by atoms with Crippen LogP contribution in [0, 0.1) is 0 Å². The molecule has 2 atom stereocenters. The van der Waals surface area contributed by atoms with Crippen molar-refractivity contribution >= 4 is 5.91 Å². The van der Waals surface area contributed by atoms with Gasteiger partial charge >= 0.3 is 0 Å². The molecular weight excluding hydrogens is 230 g/mol. The van der Waals surface area contributed by atoms with Gasteiger partial charge in [0.25, 0.3) is 5.91 Å². The molecule has 0 unspecified atom stereocenters. The summed E-state index contributed by atoms with van der Waals surface area (Å²) in [4.78, 5) is 11.6. The Morgan fingerprint density at radius 2 is 2.06 bits per heavy atom. The van der Waals surface area contributed by atoms with Crippen LogP contribution in [0.5, 0.6) is 0 Å². The number of aliphatic hydroxyl groups is 1. The first-order chi connectivity index (χ1) is 8.55. The molecule has 2 rings (SSSR count). The minimum absolute atomic E-state index is 0.0410. The van der Waals surface area contributed by atoms with E-state index < -0.39 is 0 Å². The molecule has 1 aliphatic heterocycles. The number of carbonyl (C=O) groups is 1. The van der Waals surface area contributed by atoms with Crippen LogP contribution in [-0.2, 0) is 11.2 Å². The summed E-state index contributed by atoms with van der Waals surface area (Å²) in [5.74, 6) is -0.155. The third-order valence-electron chi connectivity index (χ3n) is 3.42. The van der Waals surface area contributed by atoms with Gasteiger partial charge in [-0.2, -0.15) is 0 Å². The van der Waals surface area contributed by atoms with Crippen molar-refractivity contribution in [1.29, 1.82) is 0 Å². The highest BCUT2D eigenvalue weighted by molar-refractivity contribution is 5.94. The Morgan fingerprint density at radius 1 is 1.44 bits per heavy atom. The second-order valence-electron chi connectivity index (χ2n) is 4.93. The van der Waals surface area contributed by atoms with E-state index >= 15 is 0 Å². The zero-order valence-corrected chi connectivity index (χ0v) is 10.8. The van der Waals surface area contributed by atoms with Gasteiger partial charge in [0, 0.05) is 18.5 Å². The molecule has 0 aromatic heterocycles. The zero-order valence-electron chi connectivity index (χ0n) is 10.8. The molecule has 98 valence electrons. The lowest BCUT2D eigenvalue weighted by Gasteiger charge is -2.07. The van der Waals surface area contributed by atoms with Crippen LogP contribution in [0.4, 0.5) is 0 Å². The number of aliphatic hydroxyl groups excluding tert-OH is 1. The third-order valence-corrected chi connectivity index (χ3v) is 3.42. The maximum absolute atomic E-state index is 11.6. The Labute approximate surface area is 107 Å². The summed E-state index contributed by atoms with van der Waals surface area (Å²) in [5.41, 5.74) is 1.74. The Balaban J connectivity index is 1.95. The van der Waals surface area contributed by atoms with Crippen LogP contribution in [0.1, 0.15) is 29.8 Å². The largest absolute Gasteiger partial charge is 0.395 e. The number of amides is 1. The average Bonchev–Trinajstić information content (AvgIpc) is 2.94. The highest BCUT2D eigenvalue weighted by atomic mass is 16.6. The van der Waals surface area contributed by atoms with Gasteiger partial charge in [-0.25, -0.2) is 0 Å². The van der Waals surface area contributed by atoms with Crippen LogP contribution in [-0.4, -0.2) is 35.9 Å². The summed E-state index contributed by atoms with van der Waals surface area (Å²) in [6, 6.07) is 7.51. The molecule has 18 heavy (non-hydrogen) atoms. The summed E-state index contributed by atoms with van der Waals surface area (Å²) < 4.78 is 5.53. The molecule has 0 spiro atoms. The lowest BCUT2D eigenvalue weighted by atomic mass is 9.97. The van der Waals surface area contributed by atoms with Crippen molar-refractivity contribution in [3.8, 4) is 0 Å². The van der Waals surface area contributed by atoms with E-state index in [1.807, 2.05) is 12.1 Å². The van der Waals surface area contributed by atoms with E-state index in [0.717, 1.165) is 6.42 Å². The molecular formula is C14H19NO3. The van der Waals surface area contributed by atoms with Gasteiger partial charge in [0.05, 0.1) is 18.3 Å². The minimum atomic E-state index is -0.155. The van der Waals surface area contributed by atoms with E-state index in [2.05, 4.69) is 19.2 Å². The van der Waals surface area contributed by atoms with Gasteiger partial charge < -0.3 is 15.2 Å². The molecule has 1 aromatic rings. The number of epoxide rings is 1. The Morgan fingerprint density at radius 3 is 2.56 bits per heavy atom. The molecule has 0 aliphatic carbocycles. The van der Waals surface area contributed by atoms with Crippen molar-refractivity contribution in [2.45, 2.75) is 32.0 Å². The predicted molar refractivity (Wildman–Crippen MR) is 68.5 cm³/mol. The number of nitrogens with one attached hydrogen (secondary N) is 1. The van der Waals surface area contributed by atoms with Crippen LogP contribution >= 0.6 is 0 Å². The average molecular weight is 249 g/mol. The second-order valence-corrected chi connectivity index (χ2v) is 4.93. The molecule has 4 nitrogen and oxygen atoms in total. The summed E-state index contributed by atoms with van der Waals surface area (Å²) in [5, 5.41) is 11.3. The lowest BCUT2D eigenvalue weighted by molar-refractivity contribution is 0.0945. The number of hydrogen-bond donors (Lipinski definition) is 2. The number of rotatable bonds is 5. The molecule has 1 heterocycles. The monoisotopic (exact) mass is 249 g/mol. The van der Waals surface area contributed by atoms with Crippen LogP contribution in [0.2, 0.25) is 0 Å². The molecule has 1 aromatic carbocycles. The Bertz CT molecular complexity index is 429. The molecule has 1 aliphatic rings. The number of hydrogen-bond acceptors (Lipinski definition) is 3. The van der Waals surface area contributed by atoms with Crippen molar-refractivity contribution < 1.29 is 14.6 Å². The minimum Gasteiger partial charge on any atom is -0.395 e. The van der Waals surface area contributed by atoms with Crippen molar-refractivity contribution in [3.63, 3.8) is 0 Å². The number of carbonyl (C=O) groups excluding carboxylic acids is 1. The summed E-state index contributed by atoms with van der Waals surface area (Å²) >= 11 is 0. The van der Waals surface area contributed by atoms with E-state index in [1.165, 1.54) is 5.56 Å². The molecule has 1 amide bonds. The molecule has 1 saturated heterocycles. The lowest BCUT2D eigenvalue weighted by Crippen LogP contribution is -2.26. The SMILES string of the molecule is C[C@H]1O[C@]1(C)Cc1ccc(C(=O)NCCO)cc1. The fourth-order valence-corrected chi connectivity index (χ4v) is 2.01. The first-order valence-corrected chi connectivity index (χ1v) is 6.21. The highest BCUT2D eigenvalue weighted by Crippen LogP contribution is 2.38. The summed E-state index contributed by atoms with van der Waals surface area (Å²) in [7, 11) is 0. The molecule has 2 N–H and O–H groups in total. The van der Waals surface area contributed by atoms with E-state index in [4.69, 9.17) is 9.84 Å². The van der Waals surface area contributed by atoms with Gasteiger partial charge in [0.15, 0.2) is 0 Å². The highest BCUT2D eigenvalue weighted by Gasteiger charge is 2.48. The molecule has 1 fully saturated rings. The third kappa shape index (κ3) is 2.89. The maximum Gasteiger partial charge on any atom is 0.251 e. The number of ether oxygens (including phenoxy) is 1. The fourth-order valence-electron chi connectivity index (χ4n) is 2.01. The second kappa shape index (κ2) is 5.08. The summed E-state index contributed by atoms with van der Waals surface area (Å²) in [6.45, 7) is 4.40. The van der Waals surface area contributed by atoms with E-state index in [-0.39, 0.29) is 24.7 Å². The van der Waals surface area contributed by atoms with E-state index in [1.54, 1.807) is 12.1 Å². The molecule has 0 radical (unpaired) electrons. The van der Waals surface area contributed by atoms with Gasteiger partial charge in [-0.15, -0.1) is 0 Å². The van der Waals surface area contributed by atoms with Gasteiger partial charge in [0.1, 0.15) is 0 Å². The first-order valence-electron chi connectivity index (χ1n) is 6.21. The Hall–Kier alpha value is -1.39. The van der Waals surface area contributed by atoms with Crippen molar-refractivity contribution in [2.24, 2.45) is 0 Å². The fraction of sp³-hybridized carbons (Fsp3) is 0.500. The standard InChI is InChI=1S/C14H19NO3/c1-10-14(2,18-10)9-11-3-5-12(6-4-11)13(17)15-7-8-16/h3-6,10,16H,7-9H2,1-2H3,(H,15,17)/t10-,14-/m1/s1. The van der Waals surface area contributed by atoms with Crippen molar-refractivity contribution in [1.82, 2.24) is 5.32 Å². The van der Waals surface area contributed by atoms with E-state index in [9.17, 15) is 4.79 Å². The Kier molecular flexibility index (Phi) is 3.68. The quantitative estimate of drug-likeness (QED) is 0.769. The molecule has 0 saturated carbocycles. The first kappa shape index (κ1) is 13.1. The van der Waals surface area contributed by atoms with Crippen molar-refractivity contribution in [2.75, 3.05) is 13.2 Å². The maximum atomic E-state index is 11.6. The van der Waals surface area contributed by atoms with Gasteiger partial charge in [-0.05, 0) is 31.5 Å². The molecule has 0 bridgehead atoms. The van der Waals surface area contributed by atoms with Gasteiger partial charge in [-0.3, -0.25) is 4.79 Å². The topological polar surface area (TPSA) is 61.9 Å².